The SMILES string of the molecule is Cc1cccc(Nc2cc(C)nc([C@@H]3CCCCN3C(=O)/C=C/c3cccnc3)n2)n1. The van der Waals surface area contributed by atoms with Crippen molar-refractivity contribution in [2.24, 2.45) is 0 Å². The molecule has 4 heterocycles. The fourth-order valence-electron chi connectivity index (χ4n) is 3.75. The number of likely N-dealkylation sites (tertiary alicyclic amines) is 1. The Morgan fingerprint density at radius 3 is 2.77 bits per heavy atom. The lowest BCUT2D eigenvalue weighted by molar-refractivity contribution is -0.129. The Bertz CT molecular complexity index is 1080. The van der Waals surface area contributed by atoms with Crippen LogP contribution in [-0.2, 0) is 4.79 Å². The van der Waals surface area contributed by atoms with E-state index in [1.807, 2.05) is 55.1 Å². The highest BCUT2D eigenvalue weighted by Crippen LogP contribution is 2.30. The van der Waals surface area contributed by atoms with Gasteiger partial charge in [-0.2, -0.15) is 0 Å². The van der Waals surface area contributed by atoms with E-state index in [1.54, 1.807) is 24.5 Å². The van der Waals surface area contributed by atoms with Crippen LogP contribution in [0, 0.1) is 13.8 Å². The van der Waals surface area contributed by atoms with Gasteiger partial charge in [0.05, 0.1) is 6.04 Å². The van der Waals surface area contributed by atoms with Crippen molar-refractivity contribution in [1.29, 1.82) is 0 Å². The van der Waals surface area contributed by atoms with Crippen molar-refractivity contribution >= 4 is 23.6 Å². The molecule has 1 aliphatic rings. The molecular weight excluding hydrogens is 388 g/mol. The summed E-state index contributed by atoms with van der Waals surface area (Å²) in [5, 5.41) is 3.27. The molecule has 31 heavy (non-hydrogen) atoms. The predicted molar refractivity (Wildman–Crippen MR) is 121 cm³/mol. The molecule has 0 bridgehead atoms. The lowest BCUT2D eigenvalue weighted by Crippen LogP contribution is -2.38. The largest absolute Gasteiger partial charge is 0.329 e. The van der Waals surface area contributed by atoms with Crippen molar-refractivity contribution < 1.29 is 4.79 Å². The molecule has 4 rings (SSSR count). The normalized spacial score (nSPS) is 16.5. The zero-order chi connectivity index (χ0) is 21.6. The maximum atomic E-state index is 13.0. The average Bonchev–Trinajstić information content (AvgIpc) is 2.78. The number of hydrogen-bond acceptors (Lipinski definition) is 6. The highest BCUT2D eigenvalue weighted by atomic mass is 16.2. The first kappa shape index (κ1) is 20.7. The zero-order valence-corrected chi connectivity index (χ0v) is 17.8. The van der Waals surface area contributed by atoms with Gasteiger partial charge in [0.25, 0.3) is 0 Å². The predicted octanol–water partition coefficient (Wildman–Crippen LogP) is 4.39. The number of nitrogens with one attached hydrogen (secondary N) is 1. The van der Waals surface area contributed by atoms with Gasteiger partial charge in [0.15, 0.2) is 5.82 Å². The first-order valence-electron chi connectivity index (χ1n) is 10.5. The highest BCUT2D eigenvalue weighted by molar-refractivity contribution is 5.92. The molecule has 7 nitrogen and oxygen atoms in total. The van der Waals surface area contributed by atoms with Crippen molar-refractivity contribution in [2.45, 2.75) is 39.2 Å². The average molecular weight is 415 g/mol. The van der Waals surface area contributed by atoms with Gasteiger partial charge in [0.2, 0.25) is 5.91 Å². The third-order valence-corrected chi connectivity index (χ3v) is 5.20. The van der Waals surface area contributed by atoms with E-state index in [4.69, 9.17) is 4.98 Å². The highest BCUT2D eigenvalue weighted by Gasteiger charge is 2.29. The Kier molecular flexibility index (Phi) is 6.31. The van der Waals surface area contributed by atoms with Gasteiger partial charge < -0.3 is 10.2 Å². The van der Waals surface area contributed by atoms with Crippen LogP contribution < -0.4 is 5.32 Å². The summed E-state index contributed by atoms with van der Waals surface area (Å²) in [6, 6.07) is 11.3. The summed E-state index contributed by atoms with van der Waals surface area (Å²) in [6.45, 7) is 4.59. The standard InChI is InChI=1S/C24H26N6O/c1-17-7-5-10-21(26-17)28-22-15-18(2)27-24(29-22)20-9-3-4-14-30(20)23(31)12-11-19-8-6-13-25-16-19/h5-8,10-13,15-16,20H,3-4,9,14H2,1-2H3,(H,26,27,28,29)/b12-11+/t20-/m0/s1. The van der Waals surface area contributed by atoms with Crippen LogP contribution in [0.2, 0.25) is 0 Å². The van der Waals surface area contributed by atoms with Crippen molar-refractivity contribution in [1.82, 2.24) is 24.8 Å². The molecule has 0 saturated carbocycles. The van der Waals surface area contributed by atoms with Crippen LogP contribution in [0.25, 0.3) is 6.08 Å². The molecule has 1 N–H and O–H groups in total. The Morgan fingerprint density at radius 1 is 1.06 bits per heavy atom. The van der Waals surface area contributed by atoms with Crippen molar-refractivity contribution in [3.05, 3.63) is 77.6 Å². The van der Waals surface area contributed by atoms with Gasteiger partial charge in [-0.1, -0.05) is 12.1 Å². The molecule has 7 heteroatoms. The number of pyridine rings is 2. The van der Waals surface area contributed by atoms with Gasteiger partial charge in [0, 0.05) is 42.5 Å². The minimum Gasteiger partial charge on any atom is -0.329 e. The number of carbonyl (C=O) groups excluding carboxylic acids is 1. The smallest absolute Gasteiger partial charge is 0.247 e. The molecule has 3 aromatic heterocycles. The number of anilines is 2. The van der Waals surface area contributed by atoms with E-state index in [9.17, 15) is 4.79 Å². The van der Waals surface area contributed by atoms with Gasteiger partial charge in [-0.25, -0.2) is 15.0 Å². The van der Waals surface area contributed by atoms with E-state index < -0.39 is 0 Å². The van der Waals surface area contributed by atoms with E-state index in [-0.39, 0.29) is 11.9 Å². The van der Waals surface area contributed by atoms with Crippen LogP contribution in [0.3, 0.4) is 0 Å². The molecule has 0 spiro atoms. The summed E-state index contributed by atoms with van der Waals surface area (Å²) >= 11 is 0. The van der Waals surface area contributed by atoms with Gasteiger partial charge in [-0.3, -0.25) is 9.78 Å². The molecule has 0 aliphatic carbocycles. The molecule has 1 aliphatic heterocycles. The second-order valence-corrected chi connectivity index (χ2v) is 7.70. The number of amides is 1. The number of carbonyl (C=O) groups is 1. The first-order chi connectivity index (χ1) is 15.1. The van der Waals surface area contributed by atoms with Crippen LogP contribution in [0.4, 0.5) is 11.6 Å². The van der Waals surface area contributed by atoms with E-state index in [0.717, 1.165) is 42.0 Å². The minimum atomic E-state index is -0.147. The Hall–Kier alpha value is -3.61. The summed E-state index contributed by atoms with van der Waals surface area (Å²) in [4.78, 5) is 32.9. The second-order valence-electron chi connectivity index (χ2n) is 7.70. The molecule has 158 valence electrons. The number of nitrogens with zero attached hydrogens (tertiary/aromatic N) is 5. The summed E-state index contributed by atoms with van der Waals surface area (Å²) in [5.74, 6) is 2.05. The van der Waals surface area contributed by atoms with Gasteiger partial charge >= 0.3 is 0 Å². The van der Waals surface area contributed by atoms with E-state index in [2.05, 4.69) is 20.3 Å². The molecule has 1 atom stereocenters. The van der Waals surface area contributed by atoms with Gasteiger partial charge in [0.1, 0.15) is 11.6 Å². The minimum absolute atomic E-state index is 0.0338. The molecule has 0 aromatic carbocycles. The molecule has 1 saturated heterocycles. The van der Waals surface area contributed by atoms with Crippen molar-refractivity contribution in [3.63, 3.8) is 0 Å². The molecule has 0 unspecified atom stereocenters. The van der Waals surface area contributed by atoms with Crippen LogP contribution >= 0.6 is 0 Å². The number of aryl methyl sites for hydroxylation is 2. The summed E-state index contributed by atoms with van der Waals surface area (Å²) in [7, 11) is 0. The Balaban J connectivity index is 1.56. The molecule has 1 amide bonds. The fraction of sp³-hybridized carbons (Fsp3) is 0.292. The van der Waals surface area contributed by atoms with Gasteiger partial charge in [-0.05, 0) is 62.9 Å². The third-order valence-electron chi connectivity index (χ3n) is 5.20. The Labute approximate surface area is 182 Å². The summed E-state index contributed by atoms with van der Waals surface area (Å²) < 4.78 is 0. The van der Waals surface area contributed by atoms with Crippen molar-refractivity contribution in [2.75, 3.05) is 11.9 Å². The third kappa shape index (κ3) is 5.31. The van der Waals surface area contributed by atoms with E-state index in [0.29, 0.717) is 18.2 Å². The molecular formula is C24H26N6O. The fourth-order valence-corrected chi connectivity index (χ4v) is 3.75. The monoisotopic (exact) mass is 414 g/mol. The van der Waals surface area contributed by atoms with E-state index in [1.165, 1.54) is 0 Å². The maximum Gasteiger partial charge on any atom is 0.247 e. The lowest BCUT2D eigenvalue weighted by atomic mass is 10.0. The number of hydrogen-bond donors (Lipinski definition) is 1. The number of aromatic nitrogens is 4. The number of piperidine rings is 1. The summed E-state index contributed by atoms with van der Waals surface area (Å²) in [5.41, 5.74) is 2.68. The molecule has 3 aromatic rings. The lowest BCUT2D eigenvalue weighted by Gasteiger charge is -2.34. The molecule has 0 radical (unpaired) electrons. The zero-order valence-electron chi connectivity index (χ0n) is 17.8. The number of rotatable bonds is 5. The van der Waals surface area contributed by atoms with Gasteiger partial charge in [-0.15, -0.1) is 0 Å². The van der Waals surface area contributed by atoms with Crippen molar-refractivity contribution in [3.8, 4) is 0 Å². The van der Waals surface area contributed by atoms with Crippen LogP contribution in [0.15, 0.2) is 54.9 Å². The topological polar surface area (TPSA) is 83.9 Å². The summed E-state index contributed by atoms with van der Waals surface area (Å²) in [6.07, 6.45) is 9.73. The Morgan fingerprint density at radius 2 is 1.97 bits per heavy atom. The van der Waals surface area contributed by atoms with E-state index >= 15 is 0 Å². The second kappa shape index (κ2) is 9.47. The van der Waals surface area contributed by atoms with Crippen LogP contribution in [-0.4, -0.2) is 37.3 Å². The maximum absolute atomic E-state index is 13.0. The van der Waals surface area contributed by atoms with Crippen LogP contribution in [0.1, 0.15) is 48.1 Å². The quantitative estimate of drug-likeness (QED) is 0.623. The van der Waals surface area contributed by atoms with Crippen LogP contribution in [0.5, 0.6) is 0 Å². The molecule has 1 fully saturated rings. The first-order valence-corrected chi connectivity index (χ1v) is 10.5.